The lowest BCUT2D eigenvalue weighted by Gasteiger charge is -2.44. The van der Waals surface area contributed by atoms with E-state index in [0.717, 1.165) is 88.9 Å². The lowest BCUT2D eigenvalue weighted by Crippen LogP contribution is -2.61. The van der Waals surface area contributed by atoms with Gasteiger partial charge in [-0.15, -0.1) is 0 Å². The third-order valence-corrected chi connectivity index (χ3v) is 12.4. The maximum absolute atomic E-state index is 6.63. The third-order valence-electron chi connectivity index (χ3n) is 12.4. The first kappa shape index (κ1) is 32.3. The van der Waals surface area contributed by atoms with Crippen molar-refractivity contribution in [3.05, 3.63) is 200 Å². The van der Waals surface area contributed by atoms with Gasteiger partial charge in [0, 0.05) is 66.8 Å². The number of anilines is 6. The van der Waals surface area contributed by atoms with Crippen molar-refractivity contribution in [2.75, 3.05) is 9.80 Å². The zero-order valence-corrected chi connectivity index (χ0v) is 31.8. The minimum Gasteiger partial charge on any atom is -0.455 e. The van der Waals surface area contributed by atoms with Crippen LogP contribution in [0.1, 0.15) is 0 Å². The molecular weight excluding hydrogens is 719 g/mol. The zero-order chi connectivity index (χ0) is 38.6. The highest BCUT2D eigenvalue weighted by Crippen LogP contribution is 2.46. The molecule has 0 amide bonds. The molecule has 13 rings (SSSR count). The highest BCUT2D eigenvalue weighted by Gasteiger charge is 2.43. The van der Waals surface area contributed by atoms with Gasteiger partial charge in [-0.3, -0.25) is 0 Å². The molecule has 0 fully saturated rings. The fraction of sp³-hybridized carbons (Fsp3) is 0. The summed E-state index contributed by atoms with van der Waals surface area (Å²) in [5.41, 5.74) is 18.7. The summed E-state index contributed by atoms with van der Waals surface area (Å²) in [6.07, 6.45) is 0. The Balaban J connectivity index is 1.10. The number of hydrogen-bond acceptors (Lipinski definition) is 4. The van der Waals surface area contributed by atoms with E-state index < -0.39 is 0 Å². The van der Waals surface area contributed by atoms with Crippen molar-refractivity contribution in [1.29, 1.82) is 0 Å². The van der Waals surface area contributed by atoms with Gasteiger partial charge in [0.1, 0.15) is 22.3 Å². The number of rotatable bonds is 4. The van der Waals surface area contributed by atoms with E-state index in [-0.39, 0.29) is 6.71 Å². The minimum atomic E-state index is -0.0734. The van der Waals surface area contributed by atoms with Crippen molar-refractivity contribution in [3.63, 3.8) is 0 Å². The fourth-order valence-electron chi connectivity index (χ4n) is 9.94. The lowest BCUT2D eigenvalue weighted by molar-refractivity contribution is 0.669. The van der Waals surface area contributed by atoms with Crippen molar-refractivity contribution in [2.24, 2.45) is 0 Å². The Kier molecular flexibility index (Phi) is 6.78. The van der Waals surface area contributed by atoms with Crippen LogP contribution in [0.5, 0.6) is 0 Å². The lowest BCUT2D eigenvalue weighted by atomic mass is 9.33. The molecule has 0 radical (unpaired) electrons. The molecule has 2 aromatic heterocycles. The van der Waals surface area contributed by atoms with Crippen LogP contribution < -0.4 is 26.2 Å². The normalized spacial score (nSPS) is 13.0. The molecule has 0 saturated heterocycles. The van der Waals surface area contributed by atoms with Crippen LogP contribution in [0, 0.1) is 0 Å². The van der Waals surface area contributed by atoms with Crippen LogP contribution in [-0.4, -0.2) is 6.71 Å². The molecule has 0 N–H and O–H groups in total. The second-order valence-corrected chi connectivity index (χ2v) is 15.6. The van der Waals surface area contributed by atoms with Gasteiger partial charge >= 0.3 is 0 Å². The Hall–Kier alpha value is -7.76. The number of hydrogen-bond donors (Lipinski definition) is 0. The summed E-state index contributed by atoms with van der Waals surface area (Å²) >= 11 is 0. The standard InChI is InChI=1S/C54H33BN2O2/c1-3-14-36(15-4-1)56-46-30-28-34(38-20-11-22-42-40-18-7-9-26-50(40)58-53(38)42)32-44(46)55-45-33-35(39-21-12-23-43-41-19-8-10-27-51(41)59-54(39)43)29-31-47(45)57(37-16-5-2-6-17-37)49-25-13-24-48(56)52(49)55/h1-33H. The van der Waals surface area contributed by atoms with E-state index in [0.29, 0.717) is 0 Å². The summed E-state index contributed by atoms with van der Waals surface area (Å²) in [5.74, 6) is 0. The zero-order valence-electron chi connectivity index (χ0n) is 31.8. The maximum atomic E-state index is 6.63. The first-order valence-corrected chi connectivity index (χ1v) is 20.2. The van der Waals surface area contributed by atoms with Crippen LogP contribution in [-0.2, 0) is 0 Å². The molecule has 11 aromatic rings. The van der Waals surface area contributed by atoms with E-state index in [1.54, 1.807) is 0 Å². The largest absolute Gasteiger partial charge is 0.455 e. The van der Waals surface area contributed by atoms with E-state index in [9.17, 15) is 0 Å². The second kappa shape index (κ2) is 12.4. The number of fused-ring (bicyclic) bond motifs is 10. The average molecular weight is 753 g/mol. The van der Waals surface area contributed by atoms with Crippen molar-refractivity contribution < 1.29 is 8.83 Å². The van der Waals surface area contributed by atoms with Crippen molar-refractivity contribution in [1.82, 2.24) is 0 Å². The van der Waals surface area contributed by atoms with Gasteiger partial charge in [0.05, 0.1) is 0 Å². The van der Waals surface area contributed by atoms with Crippen molar-refractivity contribution in [3.8, 4) is 22.3 Å². The predicted octanol–water partition coefficient (Wildman–Crippen LogP) is 12.9. The quantitative estimate of drug-likeness (QED) is 0.168. The molecule has 274 valence electrons. The Morgan fingerprint density at radius 2 is 0.763 bits per heavy atom. The van der Waals surface area contributed by atoms with E-state index in [1.165, 1.54) is 27.8 Å². The van der Waals surface area contributed by atoms with Crippen LogP contribution >= 0.6 is 0 Å². The summed E-state index contributed by atoms with van der Waals surface area (Å²) < 4.78 is 13.3. The van der Waals surface area contributed by atoms with Gasteiger partial charge in [0.2, 0.25) is 0 Å². The number of benzene rings is 9. The van der Waals surface area contributed by atoms with Gasteiger partial charge in [-0.1, -0.05) is 140 Å². The molecule has 0 atom stereocenters. The molecular formula is C54H33BN2O2. The van der Waals surface area contributed by atoms with Gasteiger partial charge in [0.15, 0.2) is 0 Å². The number of nitrogens with zero attached hydrogens (tertiary/aromatic N) is 2. The Morgan fingerprint density at radius 1 is 0.339 bits per heavy atom. The summed E-state index contributed by atoms with van der Waals surface area (Å²) in [6.45, 7) is -0.0734. The van der Waals surface area contributed by atoms with Gasteiger partial charge in [0.25, 0.3) is 6.71 Å². The molecule has 59 heavy (non-hydrogen) atoms. The predicted molar refractivity (Wildman–Crippen MR) is 246 cm³/mol. The third kappa shape index (κ3) is 4.67. The highest BCUT2D eigenvalue weighted by atomic mass is 16.3. The summed E-state index contributed by atoms with van der Waals surface area (Å²) in [6, 6.07) is 72.0. The molecule has 5 heteroatoms. The average Bonchev–Trinajstić information content (AvgIpc) is 3.88. The molecule has 2 aliphatic rings. The second-order valence-electron chi connectivity index (χ2n) is 15.6. The molecule has 9 aromatic carbocycles. The van der Waals surface area contributed by atoms with Crippen LogP contribution in [0.4, 0.5) is 34.1 Å². The van der Waals surface area contributed by atoms with Crippen LogP contribution in [0.2, 0.25) is 0 Å². The topological polar surface area (TPSA) is 32.8 Å². The first-order valence-electron chi connectivity index (χ1n) is 20.2. The fourth-order valence-corrected chi connectivity index (χ4v) is 9.94. The number of furan rings is 2. The molecule has 0 spiro atoms. The van der Waals surface area contributed by atoms with Crippen molar-refractivity contribution >= 4 is 101 Å². The van der Waals surface area contributed by atoms with E-state index >= 15 is 0 Å². The van der Waals surface area contributed by atoms with Gasteiger partial charge in [-0.05, 0) is 88.2 Å². The summed E-state index contributed by atoms with van der Waals surface area (Å²) in [7, 11) is 0. The van der Waals surface area contributed by atoms with Crippen LogP contribution in [0.25, 0.3) is 66.1 Å². The van der Waals surface area contributed by atoms with Crippen LogP contribution in [0.3, 0.4) is 0 Å². The monoisotopic (exact) mass is 752 g/mol. The number of para-hydroxylation sites is 6. The molecule has 0 unspecified atom stereocenters. The molecule has 0 aliphatic carbocycles. The molecule has 0 bridgehead atoms. The first-order chi connectivity index (χ1) is 29.3. The van der Waals surface area contributed by atoms with Gasteiger partial charge < -0.3 is 18.6 Å². The minimum absolute atomic E-state index is 0.0734. The van der Waals surface area contributed by atoms with Gasteiger partial charge in [-0.25, -0.2) is 0 Å². The van der Waals surface area contributed by atoms with E-state index in [4.69, 9.17) is 8.83 Å². The smallest absolute Gasteiger partial charge is 0.252 e. The molecule has 4 nitrogen and oxygen atoms in total. The van der Waals surface area contributed by atoms with Crippen molar-refractivity contribution in [2.45, 2.75) is 0 Å². The Bertz CT molecular complexity index is 3250. The highest BCUT2D eigenvalue weighted by molar-refractivity contribution is 7.00. The molecule has 4 heterocycles. The SMILES string of the molecule is c1ccc(N2c3ccc(-c4cccc5c4oc4ccccc45)cc3B3c4cc(-c5cccc6c5oc5ccccc56)ccc4N(c4ccccc4)c4cccc2c43)cc1. The van der Waals surface area contributed by atoms with E-state index in [1.807, 2.05) is 12.1 Å². The molecule has 0 saturated carbocycles. The molecule has 2 aliphatic heterocycles. The van der Waals surface area contributed by atoms with Gasteiger partial charge in [-0.2, -0.15) is 0 Å². The summed E-state index contributed by atoms with van der Waals surface area (Å²) in [4.78, 5) is 4.90. The van der Waals surface area contributed by atoms with Crippen LogP contribution in [0.15, 0.2) is 209 Å². The maximum Gasteiger partial charge on any atom is 0.252 e. The Morgan fingerprint density at radius 3 is 1.25 bits per heavy atom. The Labute approximate surface area is 340 Å². The summed E-state index contributed by atoms with van der Waals surface area (Å²) in [5, 5.41) is 4.51. The van der Waals surface area contributed by atoms with E-state index in [2.05, 4.69) is 198 Å².